The molecule has 1 N–H and O–H groups in total. The largest absolute Gasteiger partial charge is 0.488 e. The van der Waals surface area contributed by atoms with Crippen molar-refractivity contribution in [1.82, 2.24) is 4.98 Å². The summed E-state index contributed by atoms with van der Waals surface area (Å²) in [6.45, 7) is 2.40. The summed E-state index contributed by atoms with van der Waals surface area (Å²) >= 11 is 11.1. The van der Waals surface area contributed by atoms with Crippen molar-refractivity contribution < 1.29 is 4.74 Å². The zero-order valence-electron chi connectivity index (χ0n) is 13.4. The number of hydrogen-bond acceptors (Lipinski definition) is 5. The normalized spacial score (nSPS) is 11.0. The number of nitrogens with zero attached hydrogens (tertiary/aromatic N) is 2. The predicted molar refractivity (Wildman–Crippen MR) is 108 cm³/mol. The standard InChI is InChI=1S/C18H15BrClN3OS/c1-12-11-25-18(22-12)23-21-9-14-8-16(20)5-6-17(14)24-10-13-3-2-4-15(19)7-13/h2-9,11H,10H2,1H3,(H,22,23). The molecule has 0 aliphatic rings. The maximum Gasteiger partial charge on any atom is 0.203 e. The third-order valence-corrected chi connectivity index (χ3v) is 4.83. The van der Waals surface area contributed by atoms with Gasteiger partial charge in [-0.25, -0.2) is 4.98 Å². The van der Waals surface area contributed by atoms with E-state index in [2.05, 4.69) is 31.4 Å². The Kier molecular flexibility index (Phi) is 6.07. The molecule has 3 rings (SSSR count). The molecular weight excluding hydrogens is 422 g/mol. The summed E-state index contributed by atoms with van der Waals surface area (Å²) in [4.78, 5) is 4.30. The highest BCUT2D eigenvalue weighted by molar-refractivity contribution is 9.10. The average molecular weight is 437 g/mol. The van der Waals surface area contributed by atoms with Gasteiger partial charge in [0.1, 0.15) is 12.4 Å². The van der Waals surface area contributed by atoms with E-state index >= 15 is 0 Å². The molecule has 0 unspecified atom stereocenters. The molecule has 0 saturated heterocycles. The zero-order valence-corrected chi connectivity index (χ0v) is 16.5. The van der Waals surface area contributed by atoms with Crippen LogP contribution in [0.3, 0.4) is 0 Å². The summed E-state index contributed by atoms with van der Waals surface area (Å²) in [5.74, 6) is 0.713. The molecule has 25 heavy (non-hydrogen) atoms. The third kappa shape index (κ3) is 5.29. The van der Waals surface area contributed by atoms with E-state index in [9.17, 15) is 0 Å². The van der Waals surface area contributed by atoms with Crippen LogP contribution >= 0.6 is 38.9 Å². The first-order valence-electron chi connectivity index (χ1n) is 7.48. The molecule has 0 bridgehead atoms. The van der Waals surface area contributed by atoms with Gasteiger partial charge in [-0.3, -0.25) is 5.43 Å². The number of benzene rings is 2. The van der Waals surface area contributed by atoms with Gasteiger partial charge < -0.3 is 4.74 Å². The van der Waals surface area contributed by atoms with Gasteiger partial charge in [-0.1, -0.05) is 39.7 Å². The number of aryl methyl sites for hydroxylation is 1. The SMILES string of the molecule is Cc1csc(NN=Cc2cc(Cl)ccc2OCc2cccc(Br)c2)n1. The maximum absolute atomic E-state index is 6.10. The molecule has 1 aromatic heterocycles. The summed E-state index contributed by atoms with van der Waals surface area (Å²) in [6, 6.07) is 13.5. The summed E-state index contributed by atoms with van der Waals surface area (Å²) < 4.78 is 6.95. The number of hydrogen-bond donors (Lipinski definition) is 1. The Morgan fingerprint density at radius 1 is 1.32 bits per heavy atom. The molecule has 3 aromatic rings. The highest BCUT2D eigenvalue weighted by atomic mass is 79.9. The molecule has 0 spiro atoms. The van der Waals surface area contributed by atoms with Crippen molar-refractivity contribution in [2.45, 2.75) is 13.5 Å². The molecule has 0 fully saturated rings. The second kappa shape index (κ2) is 8.47. The number of halogens is 2. The lowest BCUT2D eigenvalue weighted by Crippen LogP contribution is -1.99. The monoisotopic (exact) mass is 435 g/mol. The van der Waals surface area contributed by atoms with Crippen LogP contribution in [0.4, 0.5) is 5.13 Å². The van der Waals surface area contributed by atoms with Gasteiger partial charge in [0.05, 0.1) is 11.9 Å². The first-order chi connectivity index (χ1) is 12.1. The van der Waals surface area contributed by atoms with Crippen molar-refractivity contribution >= 4 is 50.2 Å². The van der Waals surface area contributed by atoms with E-state index in [0.717, 1.165) is 26.4 Å². The van der Waals surface area contributed by atoms with Crippen LogP contribution < -0.4 is 10.2 Å². The van der Waals surface area contributed by atoms with Gasteiger partial charge in [0.15, 0.2) is 0 Å². The minimum Gasteiger partial charge on any atom is -0.488 e. The summed E-state index contributed by atoms with van der Waals surface area (Å²) in [5.41, 5.74) is 5.74. The van der Waals surface area contributed by atoms with Crippen LogP contribution in [0.25, 0.3) is 0 Å². The van der Waals surface area contributed by atoms with Crippen molar-refractivity contribution in [3.8, 4) is 5.75 Å². The van der Waals surface area contributed by atoms with E-state index in [4.69, 9.17) is 16.3 Å². The molecule has 128 valence electrons. The second-order valence-corrected chi connectivity index (χ2v) is 7.47. The molecule has 0 amide bonds. The van der Waals surface area contributed by atoms with Crippen LogP contribution in [-0.2, 0) is 6.61 Å². The lowest BCUT2D eigenvalue weighted by molar-refractivity contribution is 0.306. The van der Waals surface area contributed by atoms with Crippen molar-refractivity contribution in [1.29, 1.82) is 0 Å². The first-order valence-corrected chi connectivity index (χ1v) is 9.53. The molecule has 0 aliphatic heterocycles. The van der Waals surface area contributed by atoms with E-state index < -0.39 is 0 Å². The van der Waals surface area contributed by atoms with E-state index in [0.29, 0.717) is 17.4 Å². The van der Waals surface area contributed by atoms with E-state index in [1.54, 1.807) is 12.3 Å². The van der Waals surface area contributed by atoms with Gasteiger partial charge in [0, 0.05) is 20.4 Å². The van der Waals surface area contributed by atoms with Crippen LogP contribution in [-0.4, -0.2) is 11.2 Å². The Bertz CT molecular complexity index is 898. The third-order valence-electron chi connectivity index (χ3n) is 3.24. The Morgan fingerprint density at radius 2 is 2.20 bits per heavy atom. The zero-order chi connectivity index (χ0) is 17.6. The number of thiazole rings is 1. The number of rotatable bonds is 6. The number of nitrogens with one attached hydrogen (secondary N) is 1. The molecule has 0 atom stereocenters. The van der Waals surface area contributed by atoms with Crippen molar-refractivity contribution in [2.24, 2.45) is 5.10 Å². The van der Waals surface area contributed by atoms with Crippen LogP contribution in [0.5, 0.6) is 5.75 Å². The highest BCUT2D eigenvalue weighted by Crippen LogP contribution is 2.23. The Labute approximate surface area is 163 Å². The fraction of sp³-hybridized carbons (Fsp3) is 0.111. The van der Waals surface area contributed by atoms with Crippen LogP contribution in [0.2, 0.25) is 5.02 Å². The molecule has 7 heteroatoms. The van der Waals surface area contributed by atoms with Crippen LogP contribution in [0.1, 0.15) is 16.8 Å². The molecule has 0 radical (unpaired) electrons. The van der Waals surface area contributed by atoms with Gasteiger partial charge in [0.25, 0.3) is 0 Å². The van der Waals surface area contributed by atoms with Crippen molar-refractivity contribution in [2.75, 3.05) is 5.43 Å². The van der Waals surface area contributed by atoms with Crippen LogP contribution in [0, 0.1) is 6.92 Å². The maximum atomic E-state index is 6.10. The van der Waals surface area contributed by atoms with E-state index in [1.807, 2.05) is 48.7 Å². The summed E-state index contributed by atoms with van der Waals surface area (Å²) in [5, 5.41) is 7.55. The predicted octanol–water partition coefficient (Wildman–Crippen LogP) is 5.89. The molecule has 0 aliphatic carbocycles. The molecule has 0 saturated carbocycles. The quantitative estimate of drug-likeness (QED) is 0.387. The Balaban J connectivity index is 1.71. The second-order valence-electron chi connectivity index (χ2n) is 5.26. The average Bonchev–Trinajstić information content (AvgIpc) is 2.99. The lowest BCUT2D eigenvalue weighted by Gasteiger charge is -2.10. The van der Waals surface area contributed by atoms with E-state index in [1.165, 1.54) is 11.3 Å². The molecule has 1 heterocycles. The van der Waals surface area contributed by atoms with Gasteiger partial charge in [-0.2, -0.15) is 5.10 Å². The number of hydrazone groups is 1. The minimum atomic E-state index is 0.459. The smallest absolute Gasteiger partial charge is 0.203 e. The van der Waals surface area contributed by atoms with Gasteiger partial charge in [-0.15, -0.1) is 11.3 Å². The first kappa shape index (κ1) is 17.9. The number of aromatic nitrogens is 1. The fourth-order valence-corrected chi connectivity index (χ4v) is 3.37. The van der Waals surface area contributed by atoms with Gasteiger partial charge in [0.2, 0.25) is 5.13 Å². The number of anilines is 1. The van der Waals surface area contributed by atoms with Crippen LogP contribution in [0.15, 0.2) is 57.4 Å². The Hall–Kier alpha value is -1.89. The minimum absolute atomic E-state index is 0.459. The fourth-order valence-electron chi connectivity index (χ4n) is 2.10. The molecule has 2 aromatic carbocycles. The topological polar surface area (TPSA) is 46.5 Å². The van der Waals surface area contributed by atoms with Crippen molar-refractivity contribution in [3.63, 3.8) is 0 Å². The number of ether oxygens (including phenoxy) is 1. The Morgan fingerprint density at radius 3 is 2.96 bits per heavy atom. The van der Waals surface area contributed by atoms with E-state index in [-0.39, 0.29) is 0 Å². The molecular formula is C18H15BrClN3OS. The molecule has 4 nitrogen and oxygen atoms in total. The van der Waals surface area contributed by atoms with Crippen molar-refractivity contribution in [3.05, 3.63) is 74.2 Å². The summed E-state index contributed by atoms with van der Waals surface area (Å²) in [7, 11) is 0. The van der Waals surface area contributed by atoms with Gasteiger partial charge >= 0.3 is 0 Å². The summed E-state index contributed by atoms with van der Waals surface area (Å²) in [6.07, 6.45) is 1.68. The highest BCUT2D eigenvalue weighted by Gasteiger charge is 2.04. The van der Waals surface area contributed by atoms with Gasteiger partial charge in [-0.05, 0) is 42.8 Å². The lowest BCUT2D eigenvalue weighted by atomic mass is 10.2.